The van der Waals surface area contributed by atoms with E-state index in [9.17, 15) is 37.5 Å². The van der Waals surface area contributed by atoms with Crippen molar-refractivity contribution in [1.82, 2.24) is 20.5 Å². The van der Waals surface area contributed by atoms with Crippen molar-refractivity contribution < 1.29 is 51.7 Å². The Morgan fingerprint density at radius 2 is 1.90 bits per heavy atom. The molecule has 51 heavy (non-hydrogen) atoms. The number of amides is 3. The van der Waals surface area contributed by atoms with Crippen LogP contribution in [0.3, 0.4) is 0 Å². The molecule has 3 N–H and O–H groups in total. The van der Waals surface area contributed by atoms with E-state index in [0.717, 1.165) is 6.42 Å². The quantitative estimate of drug-likeness (QED) is 0.359. The van der Waals surface area contributed by atoms with Gasteiger partial charge in [-0.15, -0.1) is 0 Å². The van der Waals surface area contributed by atoms with E-state index in [2.05, 4.69) is 15.6 Å². The van der Waals surface area contributed by atoms with Crippen molar-refractivity contribution in [3.8, 4) is 11.5 Å². The molecule has 1 spiro atoms. The number of hydrogen-bond acceptors (Lipinski definition) is 8. The van der Waals surface area contributed by atoms with Crippen molar-refractivity contribution in [2.24, 2.45) is 5.92 Å². The fourth-order valence-electron chi connectivity index (χ4n) is 7.48. The SMILES string of the molecule is COc1ccc2nc(C(F)(F)F)c3c(c2c1)CC[C@]1(C[C@H]2C(=O)N[C@]4(C(=O)O)C[C@H]4/C=C\CCCCC[C@H](NC(=O)OC(C)(C)C)C(=O)N2C1)O3. The minimum Gasteiger partial charge on any atom is -0.497 e. The number of methoxy groups -OCH3 is 1. The summed E-state index contributed by atoms with van der Waals surface area (Å²) in [6.45, 7) is 4.74. The lowest BCUT2D eigenvalue weighted by Gasteiger charge is -2.37. The van der Waals surface area contributed by atoms with Gasteiger partial charge in [-0.25, -0.2) is 14.6 Å². The van der Waals surface area contributed by atoms with E-state index in [-0.39, 0.29) is 49.7 Å². The lowest BCUT2D eigenvalue weighted by atomic mass is 9.87. The number of carbonyl (C=O) groups is 4. The summed E-state index contributed by atoms with van der Waals surface area (Å²) in [5.41, 5.74) is -4.75. The standard InChI is InChI=1S/C36H43F3N4O8/c1-33(2,3)51-32(48)41-25-11-9-7-5-6-8-10-20-17-35(20,31(46)47)42-29(44)26-18-34(19-43(26)30(25)45)15-14-22-23-16-21(49-4)12-13-24(23)40-28(27(22)50-34)36(37,38)39/h8,10,12-13,16,20,25-26H,5-7,9,11,14-15,17-19H2,1-4H3,(H,41,48)(H,42,44)(H,46,47)/b10-8-/t20-,25+,26+,34-,35-/m1/s1. The Bertz CT molecular complexity index is 1780. The van der Waals surface area contributed by atoms with E-state index >= 15 is 0 Å². The summed E-state index contributed by atoms with van der Waals surface area (Å²) in [5.74, 6) is -3.16. The van der Waals surface area contributed by atoms with Gasteiger partial charge in [-0.05, 0) is 77.5 Å². The number of carboxylic acid groups (broad SMARTS) is 1. The molecule has 12 nitrogen and oxygen atoms in total. The number of carboxylic acids is 1. The first kappa shape index (κ1) is 36.2. The number of hydrogen-bond donors (Lipinski definition) is 3. The molecule has 1 aromatic carbocycles. The maximum Gasteiger partial charge on any atom is 0.437 e. The summed E-state index contributed by atoms with van der Waals surface area (Å²) in [5, 5.41) is 15.9. The predicted molar refractivity (Wildman–Crippen MR) is 177 cm³/mol. The second-order valence-electron chi connectivity index (χ2n) is 15.0. The number of aryl methyl sites for hydroxylation is 1. The van der Waals surface area contributed by atoms with Gasteiger partial charge in [0, 0.05) is 23.3 Å². The van der Waals surface area contributed by atoms with Crippen LogP contribution in [0.4, 0.5) is 18.0 Å². The zero-order valence-electron chi connectivity index (χ0n) is 29.0. The van der Waals surface area contributed by atoms with Crippen LogP contribution in [-0.4, -0.2) is 81.3 Å². The normalized spacial score (nSPS) is 29.0. The van der Waals surface area contributed by atoms with Crippen LogP contribution in [0.5, 0.6) is 11.5 Å². The van der Waals surface area contributed by atoms with Gasteiger partial charge in [0.25, 0.3) is 0 Å². The van der Waals surface area contributed by atoms with Gasteiger partial charge in [-0.2, -0.15) is 13.2 Å². The van der Waals surface area contributed by atoms with E-state index in [4.69, 9.17) is 14.2 Å². The number of allylic oxidation sites excluding steroid dienone is 1. The highest BCUT2D eigenvalue weighted by Gasteiger charge is 2.62. The smallest absolute Gasteiger partial charge is 0.437 e. The fourth-order valence-corrected chi connectivity index (χ4v) is 7.48. The molecule has 0 bridgehead atoms. The van der Waals surface area contributed by atoms with Crippen LogP contribution in [-0.2, 0) is 31.7 Å². The Kier molecular flexibility index (Phi) is 9.38. The molecule has 2 aromatic rings. The van der Waals surface area contributed by atoms with E-state index in [1.807, 2.05) is 6.08 Å². The molecule has 4 aliphatic rings. The van der Waals surface area contributed by atoms with Crippen molar-refractivity contribution in [3.05, 3.63) is 41.6 Å². The van der Waals surface area contributed by atoms with Crippen LogP contribution < -0.4 is 20.1 Å². The monoisotopic (exact) mass is 716 g/mol. The lowest BCUT2D eigenvalue weighted by Crippen LogP contribution is -2.56. The molecule has 15 heteroatoms. The van der Waals surface area contributed by atoms with E-state index in [1.54, 1.807) is 32.9 Å². The Morgan fingerprint density at radius 1 is 1.14 bits per heavy atom. The third-order valence-corrected chi connectivity index (χ3v) is 10.1. The number of alkyl halides is 3. The Morgan fingerprint density at radius 3 is 2.59 bits per heavy atom. The molecule has 5 atom stereocenters. The van der Waals surface area contributed by atoms with E-state index < -0.39 is 76.2 Å². The van der Waals surface area contributed by atoms with Gasteiger partial charge < -0.3 is 34.9 Å². The lowest BCUT2D eigenvalue weighted by molar-refractivity contribution is -0.146. The number of fused-ring (bicyclic) bond motifs is 5. The number of nitrogens with zero attached hydrogens (tertiary/aromatic N) is 2. The molecule has 3 aliphatic heterocycles. The van der Waals surface area contributed by atoms with Gasteiger partial charge in [0.05, 0.1) is 19.2 Å². The number of aromatic nitrogens is 1. The zero-order valence-corrected chi connectivity index (χ0v) is 29.0. The molecular formula is C36H43F3N4O8. The minimum absolute atomic E-state index is 0.104. The number of carbonyl (C=O) groups excluding carboxylic acids is 3. The van der Waals surface area contributed by atoms with Crippen molar-refractivity contribution in [2.75, 3.05) is 13.7 Å². The fraction of sp³-hybridized carbons (Fsp3) is 0.583. The Labute approximate surface area is 293 Å². The number of nitrogens with one attached hydrogen (secondary N) is 2. The molecule has 4 heterocycles. The third-order valence-electron chi connectivity index (χ3n) is 10.1. The van der Waals surface area contributed by atoms with Gasteiger partial charge in [0.15, 0.2) is 11.4 Å². The summed E-state index contributed by atoms with van der Waals surface area (Å²) in [6.07, 6.45) is 0.999. The number of benzene rings is 1. The van der Waals surface area contributed by atoms with Gasteiger partial charge >= 0.3 is 18.2 Å². The van der Waals surface area contributed by atoms with Crippen LogP contribution in [0.25, 0.3) is 10.9 Å². The molecule has 1 aromatic heterocycles. The number of halogens is 3. The third kappa shape index (κ3) is 7.29. The summed E-state index contributed by atoms with van der Waals surface area (Å²) in [7, 11) is 1.44. The first-order chi connectivity index (χ1) is 23.9. The van der Waals surface area contributed by atoms with E-state index in [0.29, 0.717) is 30.4 Å². The van der Waals surface area contributed by atoms with Crippen LogP contribution >= 0.6 is 0 Å². The molecule has 0 unspecified atom stereocenters. The number of pyridine rings is 1. The highest BCUT2D eigenvalue weighted by Crippen LogP contribution is 2.50. The Balaban J connectivity index is 1.40. The topological polar surface area (TPSA) is 156 Å². The molecular weight excluding hydrogens is 673 g/mol. The number of ether oxygens (including phenoxy) is 3. The van der Waals surface area contributed by atoms with Crippen molar-refractivity contribution in [3.63, 3.8) is 0 Å². The maximum absolute atomic E-state index is 14.6. The number of rotatable bonds is 3. The van der Waals surface area contributed by atoms with Crippen LogP contribution in [0.1, 0.15) is 83.4 Å². The molecule has 1 saturated carbocycles. The molecule has 3 amide bonds. The second-order valence-corrected chi connectivity index (χ2v) is 15.0. The maximum atomic E-state index is 14.6. The van der Waals surface area contributed by atoms with Crippen molar-refractivity contribution >= 4 is 34.8 Å². The average molecular weight is 717 g/mol. The molecule has 2 fully saturated rings. The first-order valence-electron chi connectivity index (χ1n) is 17.2. The second kappa shape index (κ2) is 13.2. The van der Waals surface area contributed by atoms with Crippen LogP contribution in [0.2, 0.25) is 0 Å². The largest absolute Gasteiger partial charge is 0.497 e. The summed E-state index contributed by atoms with van der Waals surface area (Å²) in [6, 6.07) is 2.12. The van der Waals surface area contributed by atoms with Gasteiger partial charge in [0.2, 0.25) is 11.8 Å². The highest BCUT2D eigenvalue weighted by atomic mass is 19.4. The molecule has 6 rings (SSSR count). The zero-order chi connectivity index (χ0) is 36.9. The van der Waals surface area contributed by atoms with Gasteiger partial charge in [0.1, 0.15) is 34.6 Å². The molecule has 1 saturated heterocycles. The van der Waals surface area contributed by atoms with Crippen LogP contribution in [0, 0.1) is 5.92 Å². The molecule has 276 valence electrons. The average Bonchev–Trinajstić information content (AvgIpc) is 3.63. The highest BCUT2D eigenvalue weighted by molar-refractivity contribution is 5.96. The summed E-state index contributed by atoms with van der Waals surface area (Å²) >= 11 is 0. The van der Waals surface area contributed by atoms with Crippen LogP contribution in [0.15, 0.2) is 30.4 Å². The number of aliphatic carboxylic acids is 1. The summed E-state index contributed by atoms with van der Waals surface area (Å²) < 4.78 is 60.7. The molecule has 0 radical (unpaired) electrons. The van der Waals surface area contributed by atoms with Crippen molar-refractivity contribution in [2.45, 2.75) is 114 Å². The van der Waals surface area contributed by atoms with E-state index in [1.165, 1.54) is 24.1 Å². The predicted octanol–water partition coefficient (Wildman–Crippen LogP) is 5.30. The first-order valence-corrected chi connectivity index (χ1v) is 17.2. The minimum atomic E-state index is -4.89. The van der Waals surface area contributed by atoms with Gasteiger partial charge in [-0.3, -0.25) is 9.59 Å². The summed E-state index contributed by atoms with van der Waals surface area (Å²) in [4.78, 5) is 59.1. The Hall–Kier alpha value is -4.56. The van der Waals surface area contributed by atoms with Gasteiger partial charge in [-0.1, -0.05) is 25.0 Å². The molecule has 1 aliphatic carbocycles. The number of alkyl carbamates (subject to hydrolysis) is 1. The van der Waals surface area contributed by atoms with Crippen molar-refractivity contribution in [1.29, 1.82) is 0 Å².